The van der Waals surface area contributed by atoms with Gasteiger partial charge in [-0.05, 0) is 42.5 Å². The average Bonchev–Trinajstić information content (AvgIpc) is 3.59. The number of hydrogen-bond donors (Lipinski definition) is 1. The quantitative estimate of drug-likeness (QED) is 0.662. The molecule has 148 valence electrons. The molecule has 6 heteroatoms. The molecule has 1 aliphatic heterocycles. The number of nitrogens with one attached hydrogen (secondary N) is 1. The number of ether oxygens (including phenoxy) is 1. The summed E-state index contributed by atoms with van der Waals surface area (Å²) in [6, 6.07) is 13.8. The number of amides is 1. The molecule has 1 amide bonds. The van der Waals surface area contributed by atoms with Gasteiger partial charge in [-0.1, -0.05) is 35.9 Å². The van der Waals surface area contributed by atoms with Crippen LogP contribution in [0.15, 0.2) is 48.7 Å². The number of rotatable bonds is 4. The summed E-state index contributed by atoms with van der Waals surface area (Å²) in [4.78, 5) is 19.8. The fourth-order valence-electron chi connectivity index (χ4n) is 3.97. The van der Waals surface area contributed by atoms with Gasteiger partial charge >= 0.3 is 0 Å². The van der Waals surface area contributed by atoms with Gasteiger partial charge in [0.15, 0.2) is 0 Å². The first-order chi connectivity index (χ1) is 14.2. The standard InChI is InChI=1S/C23H22ClN3O2/c24-16-3-1-4-17(13-16)26-22-19-6-2-5-18(15-7-8-15)21(19)20(14-25-22)23(28)27-9-11-29-12-10-27/h1-6,13-15H,7-12H2,(H,25,26). The summed E-state index contributed by atoms with van der Waals surface area (Å²) in [7, 11) is 0. The Hall–Kier alpha value is -2.63. The number of nitrogens with zero attached hydrogens (tertiary/aromatic N) is 2. The van der Waals surface area contributed by atoms with Crippen LogP contribution >= 0.6 is 11.6 Å². The maximum absolute atomic E-state index is 13.3. The van der Waals surface area contributed by atoms with Crippen molar-refractivity contribution in [3.05, 3.63) is 64.8 Å². The summed E-state index contributed by atoms with van der Waals surface area (Å²) >= 11 is 6.14. The molecule has 1 saturated heterocycles. The second-order valence-corrected chi connectivity index (χ2v) is 8.04. The summed E-state index contributed by atoms with van der Waals surface area (Å²) in [5, 5.41) is 6.03. The molecule has 2 heterocycles. The minimum Gasteiger partial charge on any atom is -0.378 e. The fourth-order valence-corrected chi connectivity index (χ4v) is 4.16. The Balaban J connectivity index is 1.62. The van der Waals surface area contributed by atoms with Gasteiger partial charge < -0.3 is 15.0 Å². The topological polar surface area (TPSA) is 54.5 Å². The first kappa shape index (κ1) is 18.4. The van der Waals surface area contributed by atoms with E-state index >= 15 is 0 Å². The molecule has 3 aromatic rings. The summed E-state index contributed by atoms with van der Waals surface area (Å²) in [6.45, 7) is 2.41. The van der Waals surface area contributed by atoms with Crippen molar-refractivity contribution in [3.8, 4) is 0 Å². The van der Waals surface area contributed by atoms with E-state index in [1.54, 1.807) is 6.20 Å². The summed E-state index contributed by atoms with van der Waals surface area (Å²) in [6.07, 6.45) is 4.06. The second-order valence-electron chi connectivity index (χ2n) is 7.60. The van der Waals surface area contributed by atoms with Crippen LogP contribution in [0.4, 0.5) is 11.5 Å². The zero-order valence-electron chi connectivity index (χ0n) is 16.0. The molecular weight excluding hydrogens is 386 g/mol. The zero-order chi connectivity index (χ0) is 19.8. The highest BCUT2D eigenvalue weighted by molar-refractivity contribution is 6.30. The molecule has 0 unspecified atom stereocenters. The minimum absolute atomic E-state index is 0.0354. The van der Waals surface area contributed by atoms with E-state index in [0.717, 1.165) is 22.3 Å². The van der Waals surface area contributed by atoms with Crippen molar-refractivity contribution in [2.75, 3.05) is 31.6 Å². The molecule has 29 heavy (non-hydrogen) atoms. The highest BCUT2D eigenvalue weighted by Crippen LogP contribution is 2.45. The predicted molar refractivity (Wildman–Crippen MR) is 115 cm³/mol. The summed E-state index contributed by atoms with van der Waals surface area (Å²) in [5.74, 6) is 1.30. The first-order valence-electron chi connectivity index (χ1n) is 10.0. The van der Waals surface area contributed by atoms with Gasteiger partial charge in [0.2, 0.25) is 0 Å². The van der Waals surface area contributed by atoms with E-state index in [1.807, 2.05) is 35.2 Å². The van der Waals surface area contributed by atoms with Crippen molar-refractivity contribution in [1.82, 2.24) is 9.88 Å². The van der Waals surface area contributed by atoms with Crippen LogP contribution < -0.4 is 5.32 Å². The highest BCUT2D eigenvalue weighted by atomic mass is 35.5. The first-order valence-corrected chi connectivity index (χ1v) is 10.4. The van der Waals surface area contributed by atoms with Gasteiger partial charge in [0.05, 0.1) is 18.8 Å². The van der Waals surface area contributed by atoms with Crippen LogP contribution in [0.5, 0.6) is 0 Å². The van der Waals surface area contributed by atoms with Gasteiger partial charge in [-0.2, -0.15) is 0 Å². The van der Waals surface area contributed by atoms with Crippen molar-refractivity contribution in [2.45, 2.75) is 18.8 Å². The monoisotopic (exact) mass is 407 g/mol. The maximum Gasteiger partial charge on any atom is 0.256 e. The van der Waals surface area contributed by atoms with Gasteiger partial charge in [0.1, 0.15) is 5.82 Å². The second kappa shape index (κ2) is 7.65. The largest absolute Gasteiger partial charge is 0.378 e. The van der Waals surface area contributed by atoms with Crippen LogP contribution in [-0.2, 0) is 4.74 Å². The van der Waals surface area contributed by atoms with Crippen LogP contribution in [0.2, 0.25) is 5.02 Å². The molecule has 5 rings (SSSR count). The SMILES string of the molecule is O=C(c1cnc(Nc2cccc(Cl)c2)c2cccc(C3CC3)c12)N1CCOCC1. The van der Waals surface area contributed by atoms with E-state index < -0.39 is 0 Å². The van der Waals surface area contributed by atoms with Crippen molar-refractivity contribution in [3.63, 3.8) is 0 Å². The number of morpholine rings is 1. The van der Waals surface area contributed by atoms with Crippen molar-refractivity contribution < 1.29 is 9.53 Å². The number of fused-ring (bicyclic) bond motifs is 1. The lowest BCUT2D eigenvalue weighted by atomic mass is 9.97. The number of carbonyl (C=O) groups is 1. The molecule has 1 N–H and O–H groups in total. The van der Waals surface area contributed by atoms with Crippen LogP contribution in [0.1, 0.15) is 34.7 Å². The Morgan fingerprint density at radius 2 is 1.93 bits per heavy atom. The van der Waals surface area contributed by atoms with Crippen molar-refractivity contribution in [2.24, 2.45) is 0 Å². The summed E-state index contributed by atoms with van der Waals surface area (Å²) in [5.41, 5.74) is 2.80. The lowest BCUT2D eigenvalue weighted by Gasteiger charge is -2.27. The summed E-state index contributed by atoms with van der Waals surface area (Å²) < 4.78 is 5.41. The lowest BCUT2D eigenvalue weighted by molar-refractivity contribution is 0.0304. The van der Waals surface area contributed by atoms with E-state index in [9.17, 15) is 4.79 Å². The molecule has 2 fully saturated rings. The Morgan fingerprint density at radius 3 is 2.69 bits per heavy atom. The molecule has 0 atom stereocenters. The Morgan fingerprint density at radius 1 is 1.14 bits per heavy atom. The number of carbonyl (C=O) groups excluding carboxylic acids is 1. The molecule has 2 aliphatic rings. The van der Waals surface area contributed by atoms with Gasteiger partial charge in [0, 0.05) is 40.8 Å². The number of aromatic nitrogens is 1. The van der Waals surface area contributed by atoms with E-state index in [1.165, 1.54) is 18.4 Å². The Labute approximate surface area is 174 Å². The molecule has 0 spiro atoms. The number of pyridine rings is 1. The smallest absolute Gasteiger partial charge is 0.256 e. The lowest BCUT2D eigenvalue weighted by Crippen LogP contribution is -2.40. The third-order valence-corrected chi connectivity index (χ3v) is 5.81. The zero-order valence-corrected chi connectivity index (χ0v) is 16.8. The number of benzene rings is 2. The minimum atomic E-state index is 0.0354. The van der Waals surface area contributed by atoms with Crippen LogP contribution in [0.3, 0.4) is 0 Å². The molecule has 1 saturated carbocycles. The highest BCUT2D eigenvalue weighted by Gasteiger charge is 2.29. The third kappa shape index (κ3) is 3.68. The Bertz CT molecular complexity index is 1070. The van der Waals surface area contributed by atoms with Crippen LogP contribution in [-0.4, -0.2) is 42.1 Å². The van der Waals surface area contributed by atoms with E-state index in [4.69, 9.17) is 16.3 Å². The molecular formula is C23H22ClN3O2. The van der Waals surface area contributed by atoms with Crippen LogP contribution in [0, 0.1) is 0 Å². The van der Waals surface area contributed by atoms with E-state index in [0.29, 0.717) is 42.8 Å². The molecule has 5 nitrogen and oxygen atoms in total. The molecule has 2 aromatic carbocycles. The van der Waals surface area contributed by atoms with Crippen molar-refractivity contribution in [1.29, 1.82) is 0 Å². The third-order valence-electron chi connectivity index (χ3n) is 5.58. The number of hydrogen-bond acceptors (Lipinski definition) is 4. The maximum atomic E-state index is 13.3. The van der Waals surface area contributed by atoms with Gasteiger partial charge in [-0.3, -0.25) is 4.79 Å². The molecule has 0 bridgehead atoms. The molecule has 0 radical (unpaired) electrons. The number of halogens is 1. The van der Waals surface area contributed by atoms with Gasteiger partial charge in [-0.15, -0.1) is 0 Å². The van der Waals surface area contributed by atoms with Gasteiger partial charge in [-0.25, -0.2) is 4.98 Å². The Kier molecular flexibility index (Phi) is 4.86. The number of anilines is 2. The predicted octanol–water partition coefficient (Wildman–Crippen LogP) is 4.98. The normalized spacial score (nSPS) is 16.8. The molecule has 1 aliphatic carbocycles. The van der Waals surface area contributed by atoms with Crippen molar-refractivity contribution >= 4 is 39.8 Å². The van der Waals surface area contributed by atoms with E-state index in [2.05, 4.69) is 22.4 Å². The van der Waals surface area contributed by atoms with Crippen LogP contribution in [0.25, 0.3) is 10.8 Å². The average molecular weight is 408 g/mol. The van der Waals surface area contributed by atoms with E-state index in [-0.39, 0.29) is 5.91 Å². The van der Waals surface area contributed by atoms with Gasteiger partial charge in [0.25, 0.3) is 5.91 Å². The molecule has 1 aromatic heterocycles. The fraction of sp³-hybridized carbons (Fsp3) is 0.304.